The third-order valence-corrected chi connectivity index (χ3v) is 2.37. The molecule has 0 aromatic carbocycles. The number of carbonyl (C=O) groups excluding carboxylic acids is 2. The summed E-state index contributed by atoms with van der Waals surface area (Å²) in [6.07, 6.45) is 2.95. The summed E-state index contributed by atoms with van der Waals surface area (Å²) in [5.74, 6) is -0.488. The lowest BCUT2D eigenvalue weighted by Crippen LogP contribution is -2.27. The summed E-state index contributed by atoms with van der Waals surface area (Å²) in [7, 11) is 1.30. The molecule has 0 amide bonds. The van der Waals surface area contributed by atoms with Crippen LogP contribution in [0.4, 0.5) is 0 Å². The fourth-order valence-electron chi connectivity index (χ4n) is 0.844. The molecule has 0 aliphatic carbocycles. The van der Waals surface area contributed by atoms with Crippen molar-refractivity contribution in [1.82, 2.24) is 0 Å². The number of rotatable bonds is 5. The van der Waals surface area contributed by atoms with Gasteiger partial charge in [-0.1, -0.05) is 6.92 Å². The molecular formula is C8H14O3S. The molecule has 0 saturated carbocycles. The maximum absolute atomic E-state index is 11.3. The van der Waals surface area contributed by atoms with Crippen molar-refractivity contribution in [2.45, 2.75) is 25.0 Å². The second-order valence-electron chi connectivity index (χ2n) is 2.36. The number of methoxy groups -OCH3 is 1. The normalized spacial score (nSPS) is 12.2. The van der Waals surface area contributed by atoms with E-state index in [1.54, 1.807) is 6.26 Å². The zero-order chi connectivity index (χ0) is 9.56. The Labute approximate surface area is 76.9 Å². The van der Waals surface area contributed by atoms with Gasteiger partial charge in [0.2, 0.25) is 0 Å². The third-order valence-electron chi connectivity index (χ3n) is 1.44. The molecule has 0 aromatic rings. The van der Waals surface area contributed by atoms with E-state index in [0.717, 1.165) is 6.42 Å². The summed E-state index contributed by atoms with van der Waals surface area (Å²) in [6, 6.07) is 0. The van der Waals surface area contributed by atoms with Crippen molar-refractivity contribution < 1.29 is 14.3 Å². The van der Waals surface area contributed by atoms with Crippen LogP contribution in [-0.2, 0) is 14.3 Å². The first-order valence-electron chi connectivity index (χ1n) is 3.80. The topological polar surface area (TPSA) is 43.4 Å². The van der Waals surface area contributed by atoms with Gasteiger partial charge in [0.15, 0.2) is 11.0 Å². The zero-order valence-electron chi connectivity index (χ0n) is 7.62. The van der Waals surface area contributed by atoms with Gasteiger partial charge in [0.1, 0.15) is 0 Å². The molecule has 0 bridgehead atoms. The van der Waals surface area contributed by atoms with E-state index >= 15 is 0 Å². The van der Waals surface area contributed by atoms with Crippen LogP contribution in [0, 0.1) is 0 Å². The van der Waals surface area contributed by atoms with Gasteiger partial charge in [0.25, 0.3) is 0 Å². The number of esters is 1. The lowest BCUT2D eigenvalue weighted by Gasteiger charge is -2.09. The molecule has 3 nitrogen and oxygen atoms in total. The van der Waals surface area contributed by atoms with E-state index in [2.05, 4.69) is 4.74 Å². The summed E-state index contributed by atoms with van der Waals surface area (Å²) in [5, 5.41) is -0.630. The Morgan fingerprint density at radius 2 is 2.08 bits per heavy atom. The van der Waals surface area contributed by atoms with Crippen molar-refractivity contribution in [2.75, 3.05) is 13.4 Å². The largest absolute Gasteiger partial charge is 0.468 e. The molecule has 0 aliphatic heterocycles. The van der Waals surface area contributed by atoms with Crippen LogP contribution in [0.15, 0.2) is 0 Å². The van der Waals surface area contributed by atoms with Gasteiger partial charge < -0.3 is 4.74 Å². The van der Waals surface area contributed by atoms with Gasteiger partial charge in [-0.05, 0) is 12.7 Å². The number of thioether (sulfide) groups is 1. The van der Waals surface area contributed by atoms with Crippen LogP contribution in [0.25, 0.3) is 0 Å². The highest BCUT2D eigenvalue weighted by atomic mass is 32.2. The van der Waals surface area contributed by atoms with Crippen molar-refractivity contribution in [3.05, 3.63) is 0 Å². The number of hydrogen-bond donors (Lipinski definition) is 0. The van der Waals surface area contributed by atoms with Crippen molar-refractivity contribution in [3.8, 4) is 0 Å². The minimum atomic E-state index is -0.630. The molecule has 0 rings (SSSR count). The molecule has 70 valence electrons. The molecular weight excluding hydrogens is 176 g/mol. The fraction of sp³-hybridized carbons (Fsp3) is 0.750. The molecule has 0 spiro atoms. The van der Waals surface area contributed by atoms with E-state index in [-0.39, 0.29) is 5.78 Å². The van der Waals surface area contributed by atoms with Gasteiger partial charge in [-0.25, -0.2) is 0 Å². The Morgan fingerprint density at radius 1 is 1.50 bits per heavy atom. The van der Waals surface area contributed by atoms with Crippen LogP contribution >= 0.6 is 11.8 Å². The van der Waals surface area contributed by atoms with Crippen LogP contribution in [0.1, 0.15) is 19.8 Å². The predicted molar refractivity (Wildman–Crippen MR) is 49.2 cm³/mol. The monoisotopic (exact) mass is 190 g/mol. The van der Waals surface area contributed by atoms with Crippen molar-refractivity contribution in [3.63, 3.8) is 0 Å². The summed E-state index contributed by atoms with van der Waals surface area (Å²) in [6.45, 7) is 1.91. The molecule has 0 N–H and O–H groups in total. The molecule has 12 heavy (non-hydrogen) atoms. The quantitative estimate of drug-likeness (QED) is 0.483. The Kier molecular flexibility index (Phi) is 5.80. The predicted octanol–water partition coefficient (Wildman–Crippen LogP) is 1.26. The highest BCUT2D eigenvalue weighted by Crippen LogP contribution is 2.12. The maximum Gasteiger partial charge on any atom is 0.326 e. The van der Waals surface area contributed by atoms with Crippen LogP contribution < -0.4 is 0 Å². The van der Waals surface area contributed by atoms with E-state index in [9.17, 15) is 9.59 Å². The average molecular weight is 190 g/mol. The summed E-state index contributed by atoms with van der Waals surface area (Å²) in [5.41, 5.74) is 0. The van der Waals surface area contributed by atoms with Crippen molar-refractivity contribution in [1.29, 1.82) is 0 Å². The zero-order valence-corrected chi connectivity index (χ0v) is 8.44. The van der Waals surface area contributed by atoms with Gasteiger partial charge in [-0.2, -0.15) is 0 Å². The molecule has 0 saturated heterocycles. The Morgan fingerprint density at radius 3 is 2.42 bits per heavy atom. The van der Waals surface area contributed by atoms with Crippen LogP contribution in [0.2, 0.25) is 0 Å². The van der Waals surface area contributed by atoms with Crippen molar-refractivity contribution >= 4 is 23.5 Å². The van der Waals surface area contributed by atoms with E-state index in [0.29, 0.717) is 6.42 Å². The highest BCUT2D eigenvalue weighted by Gasteiger charge is 2.24. The highest BCUT2D eigenvalue weighted by molar-refractivity contribution is 8.00. The maximum atomic E-state index is 11.3. The standard InChI is InChI=1S/C8H14O3S/c1-4-5-6(9)7(12-3)8(10)11-2/h7H,4-5H2,1-3H3. The number of carbonyl (C=O) groups is 2. The fourth-order valence-corrected chi connectivity index (χ4v) is 1.51. The van der Waals surface area contributed by atoms with Crippen LogP contribution in [0.5, 0.6) is 0 Å². The number of hydrogen-bond acceptors (Lipinski definition) is 4. The SMILES string of the molecule is CCCC(=O)C(SC)C(=O)OC. The van der Waals surface area contributed by atoms with Gasteiger partial charge in [0.05, 0.1) is 7.11 Å². The van der Waals surface area contributed by atoms with Crippen molar-refractivity contribution in [2.24, 2.45) is 0 Å². The van der Waals surface area contributed by atoms with E-state index < -0.39 is 11.2 Å². The van der Waals surface area contributed by atoms with Crippen LogP contribution in [-0.4, -0.2) is 30.4 Å². The number of Topliss-reactive ketones (excluding diaryl/α,β-unsaturated/α-hetero) is 1. The Balaban J connectivity index is 4.14. The molecule has 1 atom stereocenters. The van der Waals surface area contributed by atoms with E-state index in [1.807, 2.05) is 6.92 Å². The molecule has 0 radical (unpaired) electrons. The van der Waals surface area contributed by atoms with E-state index in [4.69, 9.17) is 0 Å². The third kappa shape index (κ3) is 3.26. The van der Waals surface area contributed by atoms with E-state index in [1.165, 1.54) is 18.9 Å². The summed E-state index contributed by atoms with van der Waals surface area (Å²) in [4.78, 5) is 22.2. The molecule has 0 aromatic heterocycles. The lowest BCUT2D eigenvalue weighted by atomic mass is 10.2. The first-order chi connectivity index (χ1) is 5.67. The first kappa shape index (κ1) is 11.5. The average Bonchev–Trinajstić information content (AvgIpc) is 2.06. The van der Waals surface area contributed by atoms with Gasteiger partial charge in [-0.3, -0.25) is 9.59 Å². The Hall–Kier alpha value is -0.510. The summed E-state index contributed by atoms with van der Waals surface area (Å²) >= 11 is 1.23. The van der Waals surface area contributed by atoms with Gasteiger partial charge in [0, 0.05) is 6.42 Å². The number of ether oxygens (including phenoxy) is 1. The second kappa shape index (κ2) is 6.06. The minimum Gasteiger partial charge on any atom is -0.468 e. The first-order valence-corrected chi connectivity index (χ1v) is 5.09. The van der Waals surface area contributed by atoms with Gasteiger partial charge >= 0.3 is 5.97 Å². The molecule has 0 heterocycles. The molecule has 4 heteroatoms. The molecule has 0 aliphatic rings. The minimum absolute atomic E-state index is 0.0446. The molecule has 1 unspecified atom stereocenters. The molecule has 0 fully saturated rings. The smallest absolute Gasteiger partial charge is 0.326 e. The van der Waals surface area contributed by atoms with Crippen LogP contribution in [0.3, 0.4) is 0 Å². The summed E-state index contributed by atoms with van der Waals surface area (Å²) < 4.78 is 4.49. The lowest BCUT2D eigenvalue weighted by molar-refractivity contribution is -0.142. The number of ketones is 1. The van der Waals surface area contributed by atoms with Gasteiger partial charge in [-0.15, -0.1) is 11.8 Å². The second-order valence-corrected chi connectivity index (χ2v) is 3.30. The Bertz CT molecular complexity index is 168.